The van der Waals surface area contributed by atoms with E-state index in [1.54, 1.807) is 0 Å². The first kappa shape index (κ1) is 16.0. The van der Waals surface area contributed by atoms with Crippen molar-refractivity contribution in [1.82, 2.24) is 9.13 Å². The second-order valence-corrected chi connectivity index (χ2v) is 6.90. The quantitative estimate of drug-likeness (QED) is 0.338. The first-order chi connectivity index (χ1) is 12.4. The fourth-order valence-corrected chi connectivity index (χ4v) is 3.77. The zero-order valence-corrected chi connectivity index (χ0v) is 14.8. The molecule has 2 nitrogen and oxygen atoms in total. The van der Waals surface area contributed by atoms with Crippen molar-refractivity contribution >= 4 is 21.8 Å². The fraction of sp³-hybridized carbons (Fsp3) is 0.304. The molecule has 0 atom stereocenters. The highest BCUT2D eigenvalue weighted by atomic mass is 15.0. The Morgan fingerprint density at radius 3 is 1.44 bits per heavy atom. The number of unbranched alkanes of at least 4 members (excludes halogenated alkanes) is 4. The van der Waals surface area contributed by atoms with Gasteiger partial charge in [-0.05, 0) is 47.9 Å². The van der Waals surface area contributed by atoms with E-state index in [4.69, 9.17) is 0 Å². The molecule has 0 unspecified atom stereocenters. The van der Waals surface area contributed by atoms with Crippen LogP contribution in [0.1, 0.15) is 32.1 Å². The van der Waals surface area contributed by atoms with Gasteiger partial charge in [0.05, 0.1) is 0 Å². The molecule has 0 aliphatic heterocycles. The molecule has 128 valence electrons. The van der Waals surface area contributed by atoms with E-state index < -0.39 is 0 Å². The van der Waals surface area contributed by atoms with Gasteiger partial charge in [-0.2, -0.15) is 0 Å². The minimum atomic E-state index is 1.13. The van der Waals surface area contributed by atoms with Gasteiger partial charge < -0.3 is 9.13 Å². The summed E-state index contributed by atoms with van der Waals surface area (Å²) in [5.74, 6) is 0. The first-order valence-electron chi connectivity index (χ1n) is 9.49. The summed E-state index contributed by atoms with van der Waals surface area (Å²) in [6.45, 7) is 2.27. The normalized spacial score (nSPS) is 11.5. The Labute approximate surface area is 149 Å². The molecule has 0 radical (unpaired) electrons. The van der Waals surface area contributed by atoms with Gasteiger partial charge in [0.1, 0.15) is 0 Å². The summed E-state index contributed by atoms with van der Waals surface area (Å²) in [6, 6.07) is 21.7. The molecule has 4 aromatic rings. The second kappa shape index (κ2) is 7.60. The fourth-order valence-electron chi connectivity index (χ4n) is 3.77. The van der Waals surface area contributed by atoms with Crippen molar-refractivity contribution in [3.05, 3.63) is 73.1 Å². The third kappa shape index (κ3) is 3.63. The van der Waals surface area contributed by atoms with Crippen LogP contribution in [-0.2, 0) is 13.1 Å². The Morgan fingerprint density at radius 2 is 0.920 bits per heavy atom. The summed E-state index contributed by atoms with van der Waals surface area (Å²) in [7, 11) is 0. The van der Waals surface area contributed by atoms with Crippen LogP contribution < -0.4 is 0 Å². The van der Waals surface area contributed by atoms with Gasteiger partial charge in [0, 0.05) is 36.5 Å². The largest absolute Gasteiger partial charge is 0.347 e. The summed E-state index contributed by atoms with van der Waals surface area (Å²) in [5, 5.41) is 2.70. The van der Waals surface area contributed by atoms with Gasteiger partial charge in [0.2, 0.25) is 0 Å². The number of rotatable bonds is 8. The number of hydrogen-bond acceptors (Lipinski definition) is 0. The van der Waals surface area contributed by atoms with E-state index in [0.29, 0.717) is 0 Å². The van der Waals surface area contributed by atoms with Gasteiger partial charge in [0.25, 0.3) is 0 Å². The van der Waals surface area contributed by atoms with Crippen molar-refractivity contribution in [1.29, 1.82) is 0 Å². The molecular weight excluding hydrogens is 304 g/mol. The van der Waals surface area contributed by atoms with Crippen molar-refractivity contribution in [3.8, 4) is 0 Å². The molecule has 0 saturated heterocycles. The lowest BCUT2D eigenvalue weighted by Gasteiger charge is -2.07. The molecular formula is C23H26N2. The van der Waals surface area contributed by atoms with Crippen molar-refractivity contribution in [2.45, 2.75) is 45.2 Å². The van der Waals surface area contributed by atoms with Gasteiger partial charge in [-0.1, -0.05) is 55.7 Å². The highest BCUT2D eigenvalue weighted by Gasteiger charge is 2.01. The summed E-state index contributed by atoms with van der Waals surface area (Å²) >= 11 is 0. The van der Waals surface area contributed by atoms with Crippen LogP contribution in [0.2, 0.25) is 0 Å². The predicted octanol–water partition coefficient (Wildman–Crippen LogP) is 6.25. The molecule has 0 bridgehead atoms. The third-order valence-electron chi connectivity index (χ3n) is 5.16. The molecule has 25 heavy (non-hydrogen) atoms. The van der Waals surface area contributed by atoms with E-state index in [-0.39, 0.29) is 0 Å². The third-order valence-corrected chi connectivity index (χ3v) is 5.16. The highest BCUT2D eigenvalue weighted by Crippen LogP contribution is 2.18. The van der Waals surface area contributed by atoms with Crippen LogP contribution >= 0.6 is 0 Å². The lowest BCUT2D eigenvalue weighted by Crippen LogP contribution is -1.97. The SMILES string of the molecule is c1ccc2c(c1)ccn2CCCCCCCn1ccc2ccccc21. The molecule has 0 saturated carbocycles. The summed E-state index contributed by atoms with van der Waals surface area (Å²) in [4.78, 5) is 0. The average Bonchev–Trinajstić information content (AvgIpc) is 3.25. The molecule has 2 heteroatoms. The zero-order chi connectivity index (χ0) is 16.9. The smallest absolute Gasteiger partial charge is 0.0480 e. The molecule has 2 aromatic heterocycles. The van der Waals surface area contributed by atoms with Gasteiger partial charge in [-0.3, -0.25) is 0 Å². The minimum absolute atomic E-state index is 1.13. The van der Waals surface area contributed by atoms with Crippen molar-refractivity contribution in [3.63, 3.8) is 0 Å². The molecule has 2 heterocycles. The van der Waals surface area contributed by atoms with E-state index in [0.717, 1.165) is 13.1 Å². The lowest BCUT2D eigenvalue weighted by atomic mass is 10.1. The molecule has 4 rings (SSSR count). The number of aromatic nitrogens is 2. The second-order valence-electron chi connectivity index (χ2n) is 6.90. The van der Waals surface area contributed by atoms with Crippen LogP contribution in [0, 0.1) is 0 Å². The van der Waals surface area contributed by atoms with Crippen molar-refractivity contribution < 1.29 is 0 Å². The Kier molecular flexibility index (Phi) is 4.87. The Morgan fingerprint density at radius 1 is 0.480 bits per heavy atom. The summed E-state index contributed by atoms with van der Waals surface area (Å²) in [5.41, 5.74) is 2.73. The molecule has 0 aliphatic rings. The average molecular weight is 330 g/mol. The molecule has 0 N–H and O–H groups in total. The van der Waals surface area contributed by atoms with Crippen molar-refractivity contribution in [2.75, 3.05) is 0 Å². The van der Waals surface area contributed by atoms with Crippen LogP contribution in [0.15, 0.2) is 73.1 Å². The van der Waals surface area contributed by atoms with Crippen LogP contribution in [0.5, 0.6) is 0 Å². The Hall–Kier alpha value is -2.48. The summed E-state index contributed by atoms with van der Waals surface area (Å²) < 4.78 is 4.78. The number of para-hydroxylation sites is 2. The number of hydrogen-bond donors (Lipinski definition) is 0. The highest BCUT2D eigenvalue weighted by molar-refractivity contribution is 5.80. The maximum absolute atomic E-state index is 2.39. The maximum atomic E-state index is 2.39. The molecule has 0 spiro atoms. The Balaban J connectivity index is 1.18. The first-order valence-corrected chi connectivity index (χ1v) is 9.49. The standard InChI is InChI=1S/C23H26N2/c1(2-8-16-24-18-14-20-10-4-6-12-22(20)24)3-9-17-25-19-15-21-11-5-7-13-23(21)25/h4-7,10-15,18-19H,1-3,8-9,16-17H2. The van der Waals surface area contributed by atoms with E-state index in [1.165, 1.54) is 53.9 Å². The minimum Gasteiger partial charge on any atom is -0.347 e. The van der Waals surface area contributed by atoms with Gasteiger partial charge in [0.15, 0.2) is 0 Å². The van der Waals surface area contributed by atoms with Crippen LogP contribution in [0.3, 0.4) is 0 Å². The van der Waals surface area contributed by atoms with Gasteiger partial charge in [-0.25, -0.2) is 0 Å². The van der Waals surface area contributed by atoms with Crippen LogP contribution in [-0.4, -0.2) is 9.13 Å². The number of benzene rings is 2. The van der Waals surface area contributed by atoms with Crippen molar-refractivity contribution in [2.24, 2.45) is 0 Å². The number of fused-ring (bicyclic) bond motifs is 2. The van der Waals surface area contributed by atoms with E-state index >= 15 is 0 Å². The van der Waals surface area contributed by atoms with E-state index in [2.05, 4.69) is 82.2 Å². The number of nitrogens with zero attached hydrogens (tertiary/aromatic N) is 2. The monoisotopic (exact) mass is 330 g/mol. The van der Waals surface area contributed by atoms with Crippen LogP contribution in [0.4, 0.5) is 0 Å². The lowest BCUT2D eigenvalue weighted by molar-refractivity contribution is 0.544. The molecule has 0 amide bonds. The van der Waals surface area contributed by atoms with E-state index in [1.807, 2.05) is 0 Å². The topological polar surface area (TPSA) is 9.86 Å². The number of aryl methyl sites for hydroxylation is 2. The maximum Gasteiger partial charge on any atom is 0.0480 e. The zero-order valence-electron chi connectivity index (χ0n) is 14.8. The molecule has 0 fully saturated rings. The molecule has 2 aromatic carbocycles. The van der Waals surface area contributed by atoms with Crippen LogP contribution in [0.25, 0.3) is 21.8 Å². The van der Waals surface area contributed by atoms with Gasteiger partial charge in [-0.15, -0.1) is 0 Å². The Bertz CT molecular complexity index is 867. The predicted molar refractivity (Wildman–Crippen MR) is 107 cm³/mol. The van der Waals surface area contributed by atoms with Gasteiger partial charge >= 0.3 is 0 Å². The van der Waals surface area contributed by atoms with E-state index in [9.17, 15) is 0 Å². The summed E-state index contributed by atoms with van der Waals surface area (Å²) in [6.07, 6.45) is 11.0. The molecule has 0 aliphatic carbocycles.